The molecule has 1 amide bonds. The molecule has 4 heteroatoms. The highest BCUT2D eigenvalue weighted by Gasteiger charge is 2.45. The van der Waals surface area contributed by atoms with Gasteiger partial charge in [0.1, 0.15) is 0 Å². The fourth-order valence-corrected chi connectivity index (χ4v) is 2.29. The van der Waals surface area contributed by atoms with Crippen molar-refractivity contribution in [1.29, 1.82) is 0 Å². The first-order chi connectivity index (χ1) is 7.68. The van der Waals surface area contributed by atoms with Crippen LogP contribution in [0.15, 0.2) is 0 Å². The quantitative estimate of drug-likeness (QED) is 0.644. The van der Waals surface area contributed by atoms with Gasteiger partial charge < -0.3 is 10.4 Å². The van der Waals surface area contributed by atoms with E-state index in [1.54, 1.807) is 0 Å². The van der Waals surface area contributed by atoms with Crippen LogP contribution in [-0.4, -0.2) is 23.5 Å². The molecule has 0 aliphatic heterocycles. The van der Waals surface area contributed by atoms with E-state index in [0.29, 0.717) is 24.8 Å². The Morgan fingerprint density at radius 2 is 1.75 bits per heavy atom. The number of carbonyl (C=O) groups is 2. The first-order valence-electron chi connectivity index (χ1n) is 6.18. The van der Waals surface area contributed by atoms with Gasteiger partial charge >= 0.3 is 5.97 Å². The van der Waals surface area contributed by atoms with Gasteiger partial charge in [-0.2, -0.15) is 0 Å². The van der Waals surface area contributed by atoms with Crippen LogP contribution in [0.3, 0.4) is 0 Å². The van der Waals surface area contributed by atoms with Gasteiger partial charge in [-0.05, 0) is 43.9 Å². The normalized spacial score (nSPS) is 19.8. The van der Waals surface area contributed by atoms with Crippen LogP contribution in [0, 0.1) is 17.8 Å². The van der Waals surface area contributed by atoms with Gasteiger partial charge in [-0.15, -0.1) is 0 Å². The topological polar surface area (TPSA) is 66.4 Å². The van der Waals surface area contributed by atoms with E-state index < -0.39 is 5.97 Å². The van der Waals surface area contributed by atoms with Crippen LogP contribution in [0.5, 0.6) is 0 Å². The summed E-state index contributed by atoms with van der Waals surface area (Å²) in [4.78, 5) is 22.2. The van der Waals surface area contributed by atoms with Crippen molar-refractivity contribution in [3.05, 3.63) is 0 Å². The Kier molecular flexibility index (Phi) is 3.46. The van der Waals surface area contributed by atoms with Crippen molar-refractivity contribution in [2.75, 3.05) is 6.54 Å². The van der Waals surface area contributed by atoms with E-state index in [9.17, 15) is 9.59 Å². The zero-order chi connectivity index (χ0) is 11.5. The summed E-state index contributed by atoms with van der Waals surface area (Å²) in [6, 6.07) is 0. The summed E-state index contributed by atoms with van der Waals surface area (Å²) >= 11 is 0. The summed E-state index contributed by atoms with van der Waals surface area (Å²) in [5.74, 6) is 0.828. The summed E-state index contributed by atoms with van der Waals surface area (Å²) in [6.07, 6.45) is 5.46. The minimum Gasteiger partial charge on any atom is -0.481 e. The maximum atomic E-state index is 11.9. The lowest BCUT2D eigenvalue weighted by Gasteiger charge is -2.14. The van der Waals surface area contributed by atoms with Crippen LogP contribution in [0.25, 0.3) is 0 Å². The van der Waals surface area contributed by atoms with Crippen LogP contribution in [0.4, 0.5) is 0 Å². The van der Waals surface area contributed by atoms with Crippen molar-refractivity contribution < 1.29 is 14.7 Å². The summed E-state index contributed by atoms with van der Waals surface area (Å²) in [7, 11) is 0. The molecule has 0 heterocycles. The smallest absolute Gasteiger partial charge is 0.303 e. The number of nitrogens with one attached hydrogen (secondary N) is 1. The van der Waals surface area contributed by atoms with Gasteiger partial charge in [0.2, 0.25) is 5.91 Å². The monoisotopic (exact) mass is 225 g/mol. The third kappa shape index (κ3) is 3.22. The first kappa shape index (κ1) is 11.4. The highest BCUT2D eigenvalue weighted by atomic mass is 16.4. The molecule has 2 saturated carbocycles. The van der Waals surface area contributed by atoms with E-state index in [1.807, 2.05) is 0 Å². The Morgan fingerprint density at radius 3 is 2.19 bits per heavy atom. The van der Waals surface area contributed by atoms with Gasteiger partial charge in [-0.3, -0.25) is 9.59 Å². The van der Waals surface area contributed by atoms with Gasteiger partial charge in [-0.25, -0.2) is 0 Å². The van der Waals surface area contributed by atoms with E-state index in [0.717, 1.165) is 0 Å². The van der Waals surface area contributed by atoms with Crippen LogP contribution in [-0.2, 0) is 9.59 Å². The highest BCUT2D eigenvalue weighted by molar-refractivity contribution is 5.80. The Labute approximate surface area is 95.4 Å². The van der Waals surface area contributed by atoms with Crippen molar-refractivity contribution in [2.45, 2.75) is 38.5 Å². The summed E-state index contributed by atoms with van der Waals surface area (Å²) in [6.45, 7) is 0.501. The number of amides is 1. The number of hydrogen-bond acceptors (Lipinski definition) is 2. The molecule has 0 atom stereocenters. The van der Waals surface area contributed by atoms with E-state index >= 15 is 0 Å². The van der Waals surface area contributed by atoms with E-state index in [-0.39, 0.29) is 18.2 Å². The minimum absolute atomic E-state index is 0.137. The number of carboxylic acid groups (broad SMARTS) is 1. The van der Waals surface area contributed by atoms with Crippen molar-refractivity contribution in [2.24, 2.45) is 17.8 Å². The second-order valence-corrected chi connectivity index (χ2v) is 4.99. The number of rotatable bonds is 7. The lowest BCUT2D eigenvalue weighted by atomic mass is 9.97. The fraction of sp³-hybridized carbons (Fsp3) is 0.833. The predicted molar refractivity (Wildman–Crippen MR) is 58.8 cm³/mol. The largest absolute Gasteiger partial charge is 0.481 e. The molecular weight excluding hydrogens is 206 g/mol. The maximum absolute atomic E-state index is 11.9. The molecule has 0 unspecified atom stereocenters. The zero-order valence-corrected chi connectivity index (χ0v) is 9.45. The molecule has 2 fully saturated rings. The standard InChI is InChI=1S/C12H19NO3/c14-10(15)2-1-7-13-12(16)11(8-3-4-8)9-5-6-9/h8-9,11H,1-7H2,(H,13,16)(H,14,15). The van der Waals surface area contributed by atoms with Gasteiger partial charge in [0.05, 0.1) is 0 Å². The molecule has 0 aromatic carbocycles. The fourth-order valence-electron chi connectivity index (χ4n) is 2.29. The lowest BCUT2D eigenvalue weighted by Crippen LogP contribution is -2.33. The molecule has 4 nitrogen and oxygen atoms in total. The first-order valence-corrected chi connectivity index (χ1v) is 6.18. The molecule has 0 bridgehead atoms. The Bertz CT molecular complexity index is 270. The molecular formula is C12H19NO3. The van der Waals surface area contributed by atoms with Crippen LogP contribution in [0.1, 0.15) is 38.5 Å². The van der Waals surface area contributed by atoms with E-state index in [1.165, 1.54) is 25.7 Å². The molecule has 2 N–H and O–H groups in total. The van der Waals surface area contributed by atoms with E-state index in [2.05, 4.69) is 5.32 Å². The molecule has 0 aromatic heterocycles. The summed E-state index contributed by atoms with van der Waals surface area (Å²) < 4.78 is 0. The summed E-state index contributed by atoms with van der Waals surface area (Å²) in [5.41, 5.74) is 0. The van der Waals surface area contributed by atoms with Crippen molar-refractivity contribution in [3.8, 4) is 0 Å². The third-order valence-corrected chi connectivity index (χ3v) is 3.43. The highest BCUT2D eigenvalue weighted by Crippen LogP contribution is 2.49. The maximum Gasteiger partial charge on any atom is 0.303 e. The van der Waals surface area contributed by atoms with E-state index in [4.69, 9.17) is 5.11 Å². The van der Waals surface area contributed by atoms with Crippen molar-refractivity contribution in [1.82, 2.24) is 5.32 Å². The number of carbonyl (C=O) groups excluding carboxylic acids is 1. The van der Waals surface area contributed by atoms with Crippen molar-refractivity contribution >= 4 is 11.9 Å². The molecule has 0 spiro atoms. The van der Waals surface area contributed by atoms with Gasteiger partial charge in [0.25, 0.3) is 0 Å². The second kappa shape index (κ2) is 4.85. The van der Waals surface area contributed by atoms with Gasteiger partial charge in [0.15, 0.2) is 0 Å². The molecule has 2 aliphatic rings. The van der Waals surface area contributed by atoms with Crippen molar-refractivity contribution in [3.63, 3.8) is 0 Å². The van der Waals surface area contributed by atoms with Gasteiger partial charge in [0, 0.05) is 18.9 Å². The molecule has 0 radical (unpaired) electrons. The molecule has 90 valence electrons. The molecule has 2 rings (SSSR count). The zero-order valence-electron chi connectivity index (χ0n) is 9.45. The lowest BCUT2D eigenvalue weighted by molar-refractivity contribution is -0.137. The SMILES string of the molecule is O=C(O)CCCNC(=O)C(C1CC1)C1CC1. The van der Waals surface area contributed by atoms with Crippen LogP contribution >= 0.6 is 0 Å². The minimum atomic E-state index is -0.796. The molecule has 0 saturated heterocycles. The molecule has 0 aromatic rings. The third-order valence-electron chi connectivity index (χ3n) is 3.43. The average Bonchev–Trinajstić information content (AvgIpc) is 3.05. The van der Waals surface area contributed by atoms with Crippen LogP contribution < -0.4 is 5.32 Å². The Hall–Kier alpha value is -1.06. The second-order valence-electron chi connectivity index (χ2n) is 4.99. The Balaban J connectivity index is 1.67. The number of aliphatic carboxylic acids is 1. The Morgan fingerprint density at radius 1 is 1.19 bits per heavy atom. The predicted octanol–water partition coefficient (Wildman–Crippen LogP) is 1.40. The van der Waals surface area contributed by atoms with Crippen LogP contribution in [0.2, 0.25) is 0 Å². The molecule has 16 heavy (non-hydrogen) atoms. The van der Waals surface area contributed by atoms with Gasteiger partial charge in [-0.1, -0.05) is 0 Å². The summed E-state index contributed by atoms with van der Waals surface area (Å²) in [5, 5.41) is 11.4. The molecule has 2 aliphatic carbocycles. The number of carboxylic acids is 1. The average molecular weight is 225 g/mol. The number of hydrogen-bond donors (Lipinski definition) is 2.